The summed E-state index contributed by atoms with van der Waals surface area (Å²) >= 11 is 1.39. The average Bonchev–Trinajstić information content (AvgIpc) is 3.31. The van der Waals surface area contributed by atoms with Gasteiger partial charge in [-0.2, -0.15) is 0 Å². The van der Waals surface area contributed by atoms with Gasteiger partial charge in [0.1, 0.15) is 10.7 Å². The summed E-state index contributed by atoms with van der Waals surface area (Å²) in [6.45, 7) is 9.11. The number of hydrogen-bond acceptors (Lipinski definition) is 6. The van der Waals surface area contributed by atoms with E-state index in [1.165, 1.54) is 36.2 Å². The first kappa shape index (κ1) is 26.1. The number of hydrogen-bond donors (Lipinski definition) is 2. The van der Waals surface area contributed by atoms with Gasteiger partial charge in [0.15, 0.2) is 0 Å². The molecule has 0 saturated carbocycles. The van der Waals surface area contributed by atoms with Crippen LogP contribution in [0.1, 0.15) is 60.1 Å². The number of ether oxygens (including phenoxy) is 1. The second-order valence-corrected chi connectivity index (χ2v) is 9.85. The van der Waals surface area contributed by atoms with Gasteiger partial charge >= 0.3 is 6.03 Å². The average molecular weight is 488 g/mol. The number of amides is 3. The molecule has 1 fully saturated rings. The Kier molecular flexibility index (Phi) is 10.3. The number of urea groups is 1. The molecule has 1 aromatic heterocycles. The number of carbonyl (C=O) groups is 2. The first-order chi connectivity index (χ1) is 16.5. The van der Waals surface area contributed by atoms with Gasteiger partial charge in [0.25, 0.3) is 5.91 Å². The zero-order valence-electron chi connectivity index (χ0n) is 20.5. The molecule has 1 aromatic carbocycles. The molecule has 0 spiro atoms. The van der Waals surface area contributed by atoms with Gasteiger partial charge < -0.3 is 25.2 Å². The van der Waals surface area contributed by atoms with Crippen molar-refractivity contribution >= 4 is 29.0 Å². The predicted molar refractivity (Wildman–Crippen MR) is 137 cm³/mol. The van der Waals surface area contributed by atoms with Crippen LogP contribution in [0.25, 0.3) is 0 Å². The maximum Gasteiger partial charge on any atom is 0.322 e. The minimum Gasteiger partial charge on any atom is -0.383 e. The maximum atomic E-state index is 12.9. The highest BCUT2D eigenvalue weighted by molar-refractivity contribution is 7.09. The van der Waals surface area contributed by atoms with Crippen molar-refractivity contribution < 1.29 is 14.3 Å². The molecule has 0 unspecified atom stereocenters. The number of thiazole rings is 1. The fraction of sp³-hybridized carbons (Fsp3) is 0.560. The van der Waals surface area contributed by atoms with Crippen molar-refractivity contribution in [3.63, 3.8) is 0 Å². The van der Waals surface area contributed by atoms with Crippen molar-refractivity contribution in [3.8, 4) is 0 Å². The third-order valence-corrected chi connectivity index (χ3v) is 6.79. The van der Waals surface area contributed by atoms with Crippen LogP contribution in [-0.4, -0.2) is 73.2 Å². The molecule has 0 atom stereocenters. The summed E-state index contributed by atoms with van der Waals surface area (Å²) in [5.74, 6) is 0.265. The molecular formula is C25H37N5O3S. The molecule has 1 saturated heterocycles. The molecule has 9 heteroatoms. The monoisotopic (exact) mass is 487 g/mol. The van der Waals surface area contributed by atoms with E-state index in [-0.39, 0.29) is 11.9 Å². The quantitative estimate of drug-likeness (QED) is 0.497. The van der Waals surface area contributed by atoms with Crippen molar-refractivity contribution in [2.75, 3.05) is 51.8 Å². The highest BCUT2D eigenvalue weighted by Gasteiger charge is 2.18. The Hall–Kier alpha value is -2.49. The highest BCUT2D eigenvalue weighted by atomic mass is 32.1. The topological polar surface area (TPSA) is 86.8 Å². The van der Waals surface area contributed by atoms with Crippen molar-refractivity contribution in [3.05, 3.63) is 45.9 Å². The summed E-state index contributed by atoms with van der Waals surface area (Å²) in [7, 11) is 1.61. The SMILES string of the molecule is COCCN(Cc1nc(C(=O)NCCN2CCCCC2)cs1)C(=O)Nc1ccc(C(C)C)cc1. The molecule has 1 aliphatic rings. The molecule has 2 aromatic rings. The van der Waals surface area contributed by atoms with Gasteiger partial charge in [0.05, 0.1) is 13.2 Å². The van der Waals surface area contributed by atoms with Gasteiger partial charge in [-0.1, -0.05) is 32.4 Å². The van der Waals surface area contributed by atoms with E-state index >= 15 is 0 Å². The highest BCUT2D eigenvalue weighted by Crippen LogP contribution is 2.18. The van der Waals surface area contributed by atoms with Crippen LogP contribution in [0.2, 0.25) is 0 Å². The number of likely N-dealkylation sites (tertiary alicyclic amines) is 1. The minimum absolute atomic E-state index is 0.169. The van der Waals surface area contributed by atoms with E-state index in [0.717, 1.165) is 25.3 Å². The molecule has 0 radical (unpaired) electrons. The van der Waals surface area contributed by atoms with E-state index in [2.05, 4.69) is 34.4 Å². The Morgan fingerprint density at radius 2 is 1.91 bits per heavy atom. The van der Waals surface area contributed by atoms with Gasteiger partial charge in [0.2, 0.25) is 0 Å². The van der Waals surface area contributed by atoms with E-state index in [9.17, 15) is 9.59 Å². The zero-order valence-corrected chi connectivity index (χ0v) is 21.3. The Morgan fingerprint density at radius 1 is 1.18 bits per heavy atom. The molecule has 0 bridgehead atoms. The van der Waals surface area contributed by atoms with Gasteiger partial charge in [-0.25, -0.2) is 9.78 Å². The van der Waals surface area contributed by atoms with Gasteiger partial charge in [-0.05, 0) is 49.5 Å². The lowest BCUT2D eigenvalue weighted by Crippen LogP contribution is -2.38. The first-order valence-electron chi connectivity index (χ1n) is 12.1. The Labute approximate surface area is 206 Å². The number of piperidine rings is 1. The second-order valence-electron chi connectivity index (χ2n) is 8.91. The third-order valence-electron chi connectivity index (χ3n) is 5.95. The van der Waals surface area contributed by atoms with Crippen molar-refractivity contribution in [2.24, 2.45) is 0 Å². The smallest absolute Gasteiger partial charge is 0.322 e. The Balaban J connectivity index is 1.53. The van der Waals surface area contributed by atoms with Crippen LogP contribution < -0.4 is 10.6 Å². The van der Waals surface area contributed by atoms with Crippen LogP contribution in [0, 0.1) is 0 Å². The summed E-state index contributed by atoms with van der Waals surface area (Å²) in [6, 6.07) is 7.65. The third kappa shape index (κ3) is 8.07. The first-order valence-corrected chi connectivity index (χ1v) is 12.9. The van der Waals surface area contributed by atoms with Crippen molar-refractivity contribution in [1.29, 1.82) is 0 Å². The lowest BCUT2D eigenvalue weighted by molar-refractivity contribution is 0.0942. The van der Waals surface area contributed by atoms with E-state index in [0.29, 0.717) is 42.9 Å². The summed E-state index contributed by atoms with van der Waals surface area (Å²) in [5, 5.41) is 8.38. The molecule has 0 aliphatic carbocycles. The maximum absolute atomic E-state index is 12.9. The lowest BCUT2D eigenvalue weighted by atomic mass is 10.0. The van der Waals surface area contributed by atoms with E-state index in [4.69, 9.17) is 4.74 Å². The van der Waals surface area contributed by atoms with E-state index < -0.39 is 0 Å². The number of nitrogens with zero attached hydrogens (tertiary/aromatic N) is 3. The number of nitrogens with one attached hydrogen (secondary N) is 2. The lowest BCUT2D eigenvalue weighted by Gasteiger charge is -2.26. The molecule has 34 heavy (non-hydrogen) atoms. The molecule has 1 aliphatic heterocycles. The number of aromatic nitrogens is 1. The molecule has 2 heterocycles. The second kappa shape index (κ2) is 13.4. The van der Waals surface area contributed by atoms with Gasteiger partial charge in [-0.15, -0.1) is 11.3 Å². The van der Waals surface area contributed by atoms with Crippen LogP contribution in [-0.2, 0) is 11.3 Å². The summed E-state index contributed by atoms with van der Waals surface area (Å²) < 4.78 is 5.18. The normalized spacial score (nSPS) is 14.2. The fourth-order valence-corrected chi connectivity index (χ4v) is 4.65. The zero-order chi connectivity index (χ0) is 24.3. The Bertz CT molecular complexity index is 910. The summed E-state index contributed by atoms with van der Waals surface area (Å²) in [4.78, 5) is 33.9. The van der Waals surface area contributed by atoms with E-state index in [1.807, 2.05) is 24.3 Å². The minimum atomic E-state index is -0.225. The largest absolute Gasteiger partial charge is 0.383 e. The van der Waals surface area contributed by atoms with Crippen LogP contribution in [0.4, 0.5) is 10.5 Å². The standard InChI is InChI=1S/C25H37N5O3S/c1-19(2)20-7-9-21(10-8-20)27-25(32)30(15-16-33-3)17-23-28-22(18-34-23)24(31)26-11-14-29-12-5-4-6-13-29/h7-10,18-19H,4-6,11-17H2,1-3H3,(H,26,31)(H,27,32). The van der Waals surface area contributed by atoms with Crippen molar-refractivity contribution in [1.82, 2.24) is 20.1 Å². The van der Waals surface area contributed by atoms with Crippen LogP contribution in [0.3, 0.4) is 0 Å². The summed E-state index contributed by atoms with van der Waals surface area (Å²) in [5.41, 5.74) is 2.36. The molecule has 3 amide bonds. The Morgan fingerprint density at radius 3 is 2.59 bits per heavy atom. The van der Waals surface area contributed by atoms with E-state index in [1.54, 1.807) is 17.4 Å². The summed E-state index contributed by atoms with van der Waals surface area (Å²) in [6.07, 6.45) is 3.77. The molecule has 2 N–H and O–H groups in total. The number of rotatable bonds is 11. The molecule has 8 nitrogen and oxygen atoms in total. The number of methoxy groups -OCH3 is 1. The predicted octanol–water partition coefficient (Wildman–Crippen LogP) is 4.16. The number of benzene rings is 1. The van der Waals surface area contributed by atoms with Gasteiger partial charge in [-0.3, -0.25) is 4.79 Å². The van der Waals surface area contributed by atoms with Crippen LogP contribution >= 0.6 is 11.3 Å². The molecule has 186 valence electrons. The van der Waals surface area contributed by atoms with Crippen molar-refractivity contribution in [2.45, 2.75) is 45.6 Å². The fourth-order valence-electron chi connectivity index (χ4n) is 3.86. The van der Waals surface area contributed by atoms with Gasteiger partial charge in [0, 0.05) is 37.8 Å². The van der Waals surface area contributed by atoms with Crippen LogP contribution in [0.15, 0.2) is 29.6 Å². The molecule has 3 rings (SSSR count). The number of anilines is 1. The van der Waals surface area contributed by atoms with Crippen LogP contribution in [0.5, 0.6) is 0 Å². The number of carbonyl (C=O) groups excluding carboxylic acids is 2. The molecular weight excluding hydrogens is 450 g/mol.